The van der Waals surface area contributed by atoms with E-state index in [1.807, 2.05) is 18.2 Å². The molecule has 36 heavy (non-hydrogen) atoms. The van der Waals surface area contributed by atoms with Gasteiger partial charge in [0.25, 0.3) is 5.91 Å². The quantitative estimate of drug-likeness (QED) is 0.347. The minimum absolute atomic E-state index is 0.215. The van der Waals surface area contributed by atoms with Crippen LogP contribution in [0.15, 0.2) is 48.5 Å². The molecule has 0 bridgehead atoms. The van der Waals surface area contributed by atoms with Gasteiger partial charge in [0.05, 0.1) is 13.2 Å². The number of aromatic nitrogens is 4. The van der Waals surface area contributed by atoms with Gasteiger partial charge in [-0.2, -0.15) is 4.98 Å². The Bertz CT molecular complexity index is 1060. The highest BCUT2D eigenvalue weighted by molar-refractivity contribution is 6.19. The normalized spacial score (nSPS) is 17.3. The molecule has 1 spiro atoms. The largest absolute Gasteiger partial charge is 0.381 e. The number of ether oxygens (including phenoxy) is 1. The summed E-state index contributed by atoms with van der Waals surface area (Å²) in [6.45, 7) is 3.05. The minimum Gasteiger partial charge on any atom is -0.381 e. The van der Waals surface area contributed by atoms with Crippen molar-refractivity contribution in [2.24, 2.45) is 5.41 Å². The van der Waals surface area contributed by atoms with Crippen molar-refractivity contribution in [2.45, 2.75) is 38.6 Å². The zero-order chi connectivity index (χ0) is 25.2. The predicted molar refractivity (Wildman–Crippen MR) is 141 cm³/mol. The molecular formula is C26H34ClN7O2. The molecule has 2 aromatic rings. The first-order valence-corrected chi connectivity index (χ1v) is 13.0. The highest BCUT2D eigenvalue weighted by Gasteiger charge is 2.40. The van der Waals surface area contributed by atoms with Gasteiger partial charge in [0.2, 0.25) is 5.95 Å². The predicted octanol–water partition coefficient (Wildman–Crippen LogP) is 3.75. The third kappa shape index (κ3) is 6.79. The number of methoxy groups -OCH3 is 1. The van der Waals surface area contributed by atoms with Gasteiger partial charge >= 0.3 is 0 Å². The molecule has 1 saturated heterocycles. The third-order valence-corrected chi connectivity index (χ3v) is 7.12. The van der Waals surface area contributed by atoms with Crippen molar-refractivity contribution in [3.8, 4) is 0 Å². The molecule has 0 unspecified atom stereocenters. The number of allylic oxidation sites excluding steroid dienone is 1. The number of anilines is 2. The lowest BCUT2D eigenvalue weighted by atomic mass is 9.63. The summed E-state index contributed by atoms with van der Waals surface area (Å²) in [4.78, 5) is 33.0. The Morgan fingerprint density at radius 2 is 1.97 bits per heavy atom. The number of hydrogen-bond donors (Lipinski definition) is 2. The molecule has 1 amide bonds. The van der Waals surface area contributed by atoms with Gasteiger partial charge in [0, 0.05) is 51.2 Å². The summed E-state index contributed by atoms with van der Waals surface area (Å²) in [5, 5.41) is 6.20. The third-order valence-electron chi connectivity index (χ3n) is 6.96. The molecule has 0 atom stereocenters. The monoisotopic (exact) mass is 511 g/mol. The average Bonchev–Trinajstić information content (AvgIpc) is 2.90. The molecule has 9 nitrogen and oxygen atoms in total. The first kappa shape index (κ1) is 26.0. The number of halogens is 1. The number of amides is 1. The van der Waals surface area contributed by atoms with Crippen molar-refractivity contribution in [1.29, 1.82) is 0 Å². The Labute approximate surface area is 217 Å². The fraction of sp³-hybridized carbons (Fsp3) is 0.500. The van der Waals surface area contributed by atoms with Crippen molar-refractivity contribution >= 4 is 29.3 Å². The standard InChI is InChI=1S/C26H34ClN7O2/c1-36-16-2-5-20(6-11-27)17-30-23-21(24(35)31-19-22-28-12-4-13-29-22)18-32-25(33-23)34-14-9-26(10-15-34)7-3-8-26/h2,4-6,12-13,18H,3,7-11,14-17,19H2,1H3,(H,31,35)(H,30,32,33). The summed E-state index contributed by atoms with van der Waals surface area (Å²) in [5.74, 6) is 1.75. The Balaban J connectivity index is 1.50. The zero-order valence-corrected chi connectivity index (χ0v) is 21.5. The topological polar surface area (TPSA) is 105 Å². The van der Waals surface area contributed by atoms with E-state index in [1.165, 1.54) is 32.1 Å². The number of carbonyl (C=O) groups excluding carboxylic acids is 1. The lowest BCUT2D eigenvalue weighted by Crippen LogP contribution is -2.44. The second kappa shape index (κ2) is 12.8. The van der Waals surface area contributed by atoms with Crippen LogP contribution in [0, 0.1) is 5.41 Å². The fourth-order valence-corrected chi connectivity index (χ4v) is 4.84. The smallest absolute Gasteiger partial charge is 0.256 e. The van der Waals surface area contributed by atoms with Gasteiger partial charge in [-0.05, 0) is 42.7 Å². The summed E-state index contributed by atoms with van der Waals surface area (Å²) in [7, 11) is 1.65. The average molecular weight is 512 g/mol. The van der Waals surface area contributed by atoms with Crippen LogP contribution in [-0.4, -0.2) is 65.1 Å². The van der Waals surface area contributed by atoms with E-state index < -0.39 is 0 Å². The Morgan fingerprint density at radius 1 is 1.19 bits per heavy atom. The molecule has 2 fully saturated rings. The second-order valence-corrected chi connectivity index (χ2v) is 9.57. The van der Waals surface area contributed by atoms with E-state index in [9.17, 15) is 4.79 Å². The van der Waals surface area contributed by atoms with Crippen LogP contribution in [0.4, 0.5) is 11.8 Å². The van der Waals surface area contributed by atoms with Crippen LogP contribution in [0.5, 0.6) is 0 Å². The van der Waals surface area contributed by atoms with Crippen LogP contribution in [0.1, 0.15) is 48.3 Å². The van der Waals surface area contributed by atoms with Crippen LogP contribution in [0.2, 0.25) is 0 Å². The van der Waals surface area contributed by atoms with Crippen LogP contribution < -0.4 is 15.5 Å². The maximum atomic E-state index is 13.1. The number of hydrogen-bond acceptors (Lipinski definition) is 8. The molecule has 192 valence electrons. The maximum absolute atomic E-state index is 13.1. The molecule has 4 rings (SSSR count). The van der Waals surface area contributed by atoms with E-state index in [0.29, 0.717) is 47.6 Å². The number of nitrogens with zero attached hydrogens (tertiary/aromatic N) is 5. The Hall–Kier alpha value is -3.04. The van der Waals surface area contributed by atoms with Crippen LogP contribution in [0.25, 0.3) is 0 Å². The molecule has 3 heterocycles. The highest BCUT2D eigenvalue weighted by atomic mass is 35.5. The SMILES string of the molecule is COCC=CC(=CCCl)CNc1nc(N2CCC3(CCC3)CC2)ncc1C(=O)NCc1ncccn1. The van der Waals surface area contributed by atoms with E-state index in [1.54, 1.807) is 31.8 Å². The Kier molecular flexibility index (Phi) is 9.24. The molecular weight excluding hydrogens is 478 g/mol. The van der Waals surface area contributed by atoms with Gasteiger partial charge in [0.1, 0.15) is 17.2 Å². The molecule has 0 aromatic carbocycles. The van der Waals surface area contributed by atoms with Crippen molar-refractivity contribution in [3.05, 3.63) is 59.8 Å². The molecule has 1 aliphatic carbocycles. The Morgan fingerprint density at radius 3 is 2.64 bits per heavy atom. The summed E-state index contributed by atoms with van der Waals surface area (Å²) in [5.41, 5.74) is 1.87. The summed E-state index contributed by atoms with van der Waals surface area (Å²) in [6, 6.07) is 1.74. The van der Waals surface area contributed by atoms with Crippen molar-refractivity contribution in [2.75, 3.05) is 49.4 Å². The van der Waals surface area contributed by atoms with Crippen LogP contribution in [-0.2, 0) is 11.3 Å². The molecule has 2 N–H and O–H groups in total. The number of alkyl halides is 1. The molecule has 2 aromatic heterocycles. The van der Waals surface area contributed by atoms with E-state index in [2.05, 4.69) is 30.5 Å². The molecule has 2 aliphatic rings. The second-order valence-electron chi connectivity index (χ2n) is 9.27. The minimum atomic E-state index is -0.290. The first-order chi connectivity index (χ1) is 17.6. The summed E-state index contributed by atoms with van der Waals surface area (Å²) < 4.78 is 5.10. The van der Waals surface area contributed by atoms with Crippen molar-refractivity contribution in [3.63, 3.8) is 0 Å². The highest BCUT2D eigenvalue weighted by Crippen LogP contribution is 2.49. The lowest BCUT2D eigenvalue weighted by Gasteiger charge is -2.48. The van der Waals surface area contributed by atoms with E-state index in [4.69, 9.17) is 21.3 Å². The zero-order valence-electron chi connectivity index (χ0n) is 20.8. The van der Waals surface area contributed by atoms with Gasteiger partial charge in [-0.1, -0.05) is 24.6 Å². The number of nitrogens with one attached hydrogen (secondary N) is 2. The van der Waals surface area contributed by atoms with E-state index in [0.717, 1.165) is 18.7 Å². The maximum Gasteiger partial charge on any atom is 0.256 e. The van der Waals surface area contributed by atoms with Crippen LogP contribution in [0.3, 0.4) is 0 Å². The van der Waals surface area contributed by atoms with Crippen LogP contribution >= 0.6 is 11.6 Å². The summed E-state index contributed by atoms with van der Waals surface area (Å²) >= 11 is 5.96. The van der Waals surface area contributed by atoms with Crippen molar-refractivity contribution < 1.29 is 9.53 Å². The lowest BCUT2D eigenvalue weighted by molar-refractivity contribution is 0.0948. The first-order valence-electron chi connectivity index (χ1n) is 12.4. The molecule has 0 radical (unpaired) electrons. The van der Waals surface area contributed by atoms with Crippen molar-refractivity contribution in [1.82, 2.24) is 25.3 Å². The number of rotatable bonds is 11. The number of piperidine rings is 1. The number of carbonyl (C=O) groups is 1. The molecule has 10 heteroatoms. The summed E-state index contributed by atoms with van der Waals surface area (Å²) in [6.07, 6.45) is 17.1. The molecule has 1 saturated carbocycles. The van der Waals surface area contributed by atoms with Gasteiger partial charge in [-0.3, -0.25) is 4.79 Å². The van der Waals surface area contributed by atoms with E-state index >= 15 is 0 Å². The van der Waals surface area contributed by atoms with Gasteiger partial charge in [-0.25, -0.2) is 15.0 Å². The van der Waals surface area contributed by atoms with Gasteiger partial charge < -0.3 is 20.3 Å². The molecule has 1 aliphatic heterocycles. The van der Waals surface area contributed by atoms with E-state index in [-0.39, 0.29) is 12.5 Å². The van der Waals surface area contributed by atoms with Gasteiger partial charge in [0.15, 0.2) is 0 Å². The van der Waals surface area contributed by atoms with Gasteiger partial charge in [-0.15, -0.1) is 11.6 Å². The fourth-order valence-electron chi connectivity index (χ4n) is 4.64.